The molecule has 0 saturated heterocycles. The van der Waals surface area contributed by atoms with Crippen molar-refractivity contribution < 1.29 is 9.53 Å². The Morgan fingerprint density at radius 3 is 2.63 bits per heavy atom. The molecule has 0 N–H and O–H groups in total. The molecule has 1 aliphatic heterocycles. The highest BCUT2D eigenvalue weighted by molar-refractivity contribution is 5.93. The molecule has 27 heavy (non-hydrogen) atoms. The largest absolute Gasteiger partial charge is 0.471 e. The minimum atomic E-state index is 0.00857. The van der Waals surface area contributed by atoms with Gasteiger partial charge in [-0.25, -0.2) is 4.98 Å². The molecule has 0 atom stereocenters. The molecule has 0 spiro atoms. The Hall–Kier alpha value is -3.15. The van der Waals surface area contributed by atoms with Gasteiger partial charge in [0.05, 0.1) is 6.54 Å². The number of ether oxygens (including phenoxy) is 1. The number of carbonyl (C=O) groups excluding carboxylic acids is 1. The van der Waals surface area contributed by atoms with Gasteiger partial charge in [-0.3, -0.25) is 9.48 Å². The summed E-state index contributed by atoms with van der Waals surface area (Å²) in [6, 6.07) is 13.9. The number of fused-ring (bicyclic) bond motifs is 1. The molecule has 2 aromatic heterocycles. The van der Waals surface area contributed by atoms with Crippen molar-refractivity contribution in [1.29, 1.82) is 0 Å². The van der Waals surface area contributed by atoms with E-state index in [-0.39, 0.29) is 5.91 Å². The predicted molar refractivity (Wildman–Crippen MR) is 101 cm³/mol. The average Bonchev–Trinajstić information content (AvgIpc) is 3.08. The van der Waals surface area contributed by atoms with E-state index in [1.165, 1.54) is 5.56 Å². The van der Waals surface area contributed by atoms with E-state index < -0.39 is 0 Å². The molecule has 1 aromatic carbocycles. The van der Waals surface area contributed by atoms with E-state index in [1.807, 2.05) is 30.0 Å². The highest BCUT2D eigenvalue weighted by atomic mass is 16.5. The lowest BCUT2D eigenvalue weighted by molar-refractivity contribution is 0.0683. The molecular formula is C21H22N4O2. The molecule has 3 aromatic rings. The molecule has 4 rings (SSSR count). The van der Waals surface area contributed by atoms with Gasteiger partial charge in [-0.2, -0.15) is 5.10 Å². The predicted octanol–water partition coefficient (Wildman–Crippen LogP) is 3.13. The first-order valence-corrected chi connectivity index (χ1v) is 9.05. The van der Waals surface area contributed by atoms with Crippen LogP contribution in [0.4, 0.5) is 0 Å². The number of hydrogen-bond donors (Lipinski definition) is 0. The molecule has 0 fully saturated rings. The maximum absolute atomic E-state index is 12.8. The Bertz CT molecular complexity index is 963. The third-order valence-electron chi connectivity index (χ3n) is 4.67. The number of benzene rings is 1. The Labute approximate surface area is 158 Å². The van der Waals surface area contributed by atoms with E-state index >= 15 is 0 Å². The Balaban J connectivity index is 1.44. The topological polar surface area (TPSA) is 60.3 Å². The average molecular weight is 362 g/mol. The summed E-state index contributed by atoms with van der Waals surface area (Å²) in [4.78, 5) is 18.9. The second-order valence-electron chi connectivity index (χ2n) is 6.92. The van der Waals surface area contributed by atoms with Gasteiger partial charge in [-0.05, 0) is 37.1 Å². The van der Waals surface area contributed by atoms with Gasteiger partial charge in [0.25, 0.3) is 5.91 Å². The quantitative estimate of drug-likeness (QED) is 0.700. The fourth-order valence-corrected chi connectivity index (χ4v) is 3.16. The Morgan fingerprint density at radius 2 is 1.85 bits per heavy atom. The molecular weight excluding hydrogens is 340 g/mol. The van der Waals surface area contributed by atoms with E-state index in [4.69, 9.17) is 4.74 Å². The van der Waals surface area contributed by atoms with E-state index in [0.717, 1.165) is 16.8 Å². The van der Waals surface area contributed by atoms with E-state index in [2.05, 4.69) is 41.3 Å². The summed E-state index contributed by atoms with van der Waals surface area (Å²) >= 11 is 0. The number of pyridine rings is 1. The molecule has 1 amide bonds. The molecule has 0 bridgehead atoms. The van der Waals surface area contributed by atoms with Gasteiger partial charge < -0.3 is 9.64 Å². The van der Waals surface area contributed by atoms with E-state index in [9.17, 15) is 4.79 Å². The van der Waals surface area contributed by atoms with Crippen LogP contribution in [0.15, 0.2) is 48.7 Å². The van der Waals surface area contributed by atoms with Crippen molar-refractivity contribution in [1.82, 2.24) is 19.7 Å². The van der Waals surface area contributed by atoms with Crippen molar-refractivity contribution in [2.75, 3.05) is 6.54 Å². The third-order valence-corrected chi connectivity index (χ3v) is 4.67. The fourth-order valence-electron chi connectivity index (χ4n) is 3.16. The maximum Gasteiger partial charge on any atom is 0.272 e. The second-order valence-corrected chi connectivity index (χ2v) is 6.92. The lowest BCUT2D eigenvalue weighted by Crippen LogP contribution is -2.39. The van der Waals surface area contributed by atoms with Gasteiger partial charge >= 0.3 is 0 Å². The van der Waals surface area contributed by atoms with Crippen molar-refractivity contribution in [3.63, 3.8) is 0 Å². The number of carbonyl (C=O) groups is 1. The minimum Gasteiger partial charge on any atom is -0.471 e. The summed E-state index contributed by atoms with van der Waals surface area (Å²) in [6.07, 6.45) is 1.72. The maximum atomic E-state index is 12.8. The van der Waals surface area contributed by atoms with E-state index in [1.54, 1.807) is 10.9 Å². The lowest BCUT2D eigenvalue weighted by atomic mass is 10.1. The standard InChI is InChI=1S/C21H22N4O2/c1-15-3-5-17(6-4-15)13-24-9-10-25-19(21(24)26)12-18(23-25)14-27-20-11-16(2)7-8-22-20/h3-8,11-12H,9-10,13-14H2,1-2H3. The van der Waals surface area contributed by atoms with Crippen LogP contribution in [-0.2, 0) is 19.7 Å². The summed E-state index contributed by atoms with van der Waals surface area (Å²) in [5.74, 6) is 0.572. The summed E-state index contributed by atoms with van der Waals surface area (Å²) in [6.45, 7) is 6.30. The van der Waals surface area contributed by atoms with Gasteiger partial charge in [0.1, 0.15) is 18.0 Å². The molecule has 1 aliphatic rings. The Morgan fingerprint density at radius 1 is 1.04 bits per heavy atom. The van der Waals surface area contributed by atoms with Gasteiger partial charge in [-0.15, -0.1) is 0 Å². The van der Waals surface area contributed by atoms with Crippen molar-refractivity contribution in [2.45, 2.75) is 33.5 Å². The van der Waals surface area contributed by atoms with Crippen LogP contribution in [0.5, 0.6) is 5.88 Å². The van der Waals surface area contributed by atoms with Crippen LogP contribution in [0, 0.1) is 13.8 Å². The van der Waals surface area contributed by atoms with Gasteiger partial charge in [0.15, 0.2) is 0 Å². The summed E-state index contributed by atoms with van der Waals surface area (Å²) in [7, 11) is 0. The summed E-state index contributed by atoms with van der Waals surface area (Å²) in [5.41, 5.74) is 4.79. The first kappa shape index (κ1) is 17.3. The van der Waals surface area contributed by atoms with Gasteiger partial charge in [0.2, 0.25) is 5.88 Å². The van der Waals surface area contributed by atoms with Crippen LogP contribution in [0.3, 0.4) is 0 Å². The highest BCUT2D eigenvalue weighted by Crippen LogP contribution is 2.18. The smallest absolute Gasteiger partial charge is 0.272 e. The van der Waals surface area contributed by atoms with Gasteiger partial charge in [0, 0.05) is 25.4 Å². The first-order valence-electron chi connectivity index (χ1n) is 9.05. The molecule has 3 heterocycles. The summed E-state index contributed by atoms with van der Waals surface area (Å²) < 4.78 is 7.48. The number of hydrogen-bond acceptors (Lipinski definition) is 4. The molecule has 0 radical (unpaired) electrons. The van der Waals surface area contributed by atoms with Crippen LogP contribution in [0.1, 0.15) is 32.9 Å². The molecule has 0 aliphatic carbocycles. The molecule has 6 nitrogen and oxygen atoms in total. The van der Waals surface area contributed by atoms with Crippen molar-refractivity contribution in [3.8, 4) is 5.88 Å². The van der Waals surface area contributed by atoms with Crippen LogP contribution >= 0.6 is 0 Å². The van der Waals surface area contributed by atoms with E-state index in [0.29, 0.717) is 37.8 Å². The third kappa shape index (κ3) is 3.84. The number of nitrogens with zero attached hydrogens (tertiary/aromatic N) is 4. The first-order chi connectivity index (χ1) is 13.1. The molecule has 0 saturated carbocycles. The van der Waals surface area contributed by atoms with Crippen molar-refractivity contribution >= 4 is 5.91 Å². The number of aryl methyl sites for hydroxylation is 2. The van der Waals surface area contributed by atoms with Crippen LogP contribution < -0.4 is 4.74 Å². The monoisotopic (exact) mass is 362 g/mol. The number of aromatic nitrogens is 3. The van der Waals surface area contributed by atoms with Crippen molar-refractivity contribution in [3.05, 3.63) is 76.7 Å². The van der Waals surface area contributed by atoms with Crippen LogP contribution in [0.25, 0.3) is 0 Å². The highest BCUT2D eigenvalue weighted by Gasteiger charge is 2.26. The Kier molecular flexibility index (Phi) is 4.62. The SMILES string of the molecule is Cc1ccc(CN2CCn3nc(COc4cc(C)ccn4)cc3C2=O)cc1. The minimum absolute atomic E-state index is 0.00857. The zero-order chi connectivity index (χ0) is 18.8. The summed E-state index contributed by atoms with van der Waals surface area (Å²) in [5, 5.41) is 4.51. The lowest BCUT2D eigenvalue weighted by Gasteiger charge is -2.27. The molecule has 6 heteroatoms. The second kappa shape index (κ2) is 7.23. The fraction of sp³-hybridized carbons (Fsp3) is 0.286. The number of amides is 1. The molecule has 0 unspecified atom stereocenters. The number of rotatable bonds is 5. The zero-order valence-electron chi connectivity index (χ0n) is 15.6. The zero-order valence-corrected chi connectivity index (χ0v) is 15.6. The van der Waals surface area contributed by atoms with Gasteiger partial charge in [-0.1, -0.05) is 29.8 Å². The molecule has 138 valence electrons. The van der Waals surface area contributed by atoms with Crippen LogP contribution in [0.2, 0.25) is 0 Å². The normalized spacial score (nSPS) is 13.6. The van der Waals surface area contributed by atoms with Crippen molar-refractivity contribution in [2.24, 2.45) is 0 Å². The van der Waals surface area contributed by atoms with Crippen LogP contribution in [-0.4, -0.2) is 32.1 Å².